The Labute approximate surface area is 111 Å². The highest BCUT2D eigenvalue weighted by atomic mass is 32.1. The van der Waals surface area contributed by atoms with Gasteiger partial charge in [-0.05, 0) is 12.1 Å². The number of hydrogen-bond acceptors (Lipinski definition) is 5. The van der Waals surface area contributed by atoms with E-state index in [0.29, 0.717) is 16.2 Å². The quantitative estimate of drug-likeness (QED) is 0.770. The molecule has 3 rings (SSSR count). The first-order valence-corrected chi connectivity index (χ1v) is 6.25. The van der Waals surface area contributed by atoms with E-state index < -0.39 is 0 Å². The van der Waals surface area contributed by atoms with E-state index in [1.807, 2.05) is 6.07 Å². The lowest BCUT2D eigenvalue weighted by Gasteiger charge is -2.04. The largest absolute Gasteiger partial charge is 0.319 e. The fourth-order valence-corrected chi connectivity index (χ4v) is 2.23. The Morgan fingerprint density at radius 3 is 3.05 bits per heavy atom. The van der Waals surface area contributed by atoms with Gasteiger partial charge in [0.15, 0.2) is 0 Å². The standard InChI is InChI=1S/C12H7N5OS/c13-5-8-3-1-2-4-9(8)15-11(18)10-6-17-12(16-10)19-7-14-17/h1-4,6-7H,(H,15,18). The number of carbonyl (C=O) groups is 1. The number of nitriles is 1. The molecule has 0 fully saturated rings. The lowest BCUT2D eigenvalue weighted by Crippen LogP contribution is -2.13. The molecule has 0 aliphatic heterocycles. The molecule has 1 aromatic carbocycles. The van der Waals surface area contributed by atoms with Gasteiger partial charge in [-0.3, -0.25) is 4.79 Å². The maximum Gasteiger partial charge on any atom is 0.276 e. The zero-order chi connectivity index (χ0) is 13.2. The average Bonchev–Trinajstić information content (AvgIpc) is 3.00. The minimum Gasteiger partial charge on any atom is -0.319 e. The van der Waals surface area contributed by atoms with Crippen molar-refractivity contribution in [2.24, 2.45) is 0 Å². The van der Waals surface area contributed by atoms with Crippen molar-refractivity contribution in [1.82, 2.24) is 14.6 Å². The summed E-state index contributed by atoms with van der Waals surface area (Å²) >= 11 is 1.35. The zero-order valence-electron chi connectivity index (χ0n) is 9.57. The van der Waals surface area contributed by atoms with Crippen LogP contribution in [0, 0.1) is 11.3 Å². The molecule has 0 saturated carbocycles. The number of amides is 1. The number of nitrogens with one attached hydrogen (secondary N) is 1. The average molecular weight is 269 g/mol. The molecule has 0 aliphatic rings. The molecule has 1 N–H and O–H groups in total. The van der Waals surface area contributed by atoms with Crippen molar-refractivity contribution in [3.8, 4) is 6.07 Å². The van der Waals surface area contributed by atoms with Crippen LogP contribution in [0.5, 0.6) is 0 Å². The van der Waals surface area contributed by atoms with Crippen molar-refractivity contribution >= 4 is 27.9 Å². The van der Waals surface area contributed by atoms with Gasteiger partial charge in [-0.1, -0.05) is 23.5 Å². The Balaban J connectivity index is 1.89. The summed E-state index contributed by atoms with van der Waals surface area (Å²) in [6.45, 7) is 0. The fourth-order valence-electron chi connectivity index (χ4n) is 1.62. The van der Waals surface area contributed by atoms with Gasteiger partial charge in [0.1, 0.15) is 17.3 Å². The summed E-state index contributed by atoms with van der Waals surface area (Å²) in [6, 6.07) is 8.83. The summed E-state index contributed by atoms with van der Waals surface area (Å²) in [5, 5.41) is 15.6. The van der Waals surface area contributed by atoms with E-state index in [2.05, 4.69) is 15.4 Å². The first-order chi connectivity index (χ1) is 9.28. The Morgan fingerprint density at radius 2 is 2.26 bits per heavy atom. The third kappa shape index (κ3) is 2.05. The summed E-state index contributed by atoms with van der Waals surface area (Å²) in [4.78, 5) is 16.8. The Morgan fingerprint density at radius 1 is 1.42 bits per heavy atom. The number of hydrogen-bond donors (Lipinski definition) is 1. The van der Waals surface area contributed by atoms with Gasteiger partial charge in [-0.25, -0.2) is 9.50 Å². The van der Waals surface area contributed by atoms with Gasteiger partial charge < -0.3 is 5.32 Å². The van der Waals surface area contributed by atoms with Crippen molar-refractivity contribution in [2.45, 2.75) is 0 Å². The fraction of sp³-hybridized carbons (Fsp3) is 0. The number of aromatic nitrogens is 3. The van der Waals surface area contributed by atoms with Crippen LogP contribution < -0.4 is 5.32 Å². The molecular formula is C12H7N5OS. The van der Waals surface area contributed by atoms with Gasteiger partial charge in [0.25, 0.3) is 5.91 Å². The van der Waals surface area contributed by atoms with Crippen LogP contribution in [0.4, 0.5) is 5.69 Å². The summed E-state index contributed by atoms with van der Waals surface area (Å²) < 4.78 is 1.54. The Kier molecular flexibility index (Phi) is 2.70. The number of rotatable bonds is 2. The van der Waals surface area contributed by atoms with E-state index in [4.69, 9.17) is 5.26 Å². The predicted molar refractivity (Wildman–Crippen MR) is 70.0 cm³/mol. The van der Waals surface area contributed by atoms with E-state index >= 15 is 0 Å². The van der Waals surface area contributed by atoms with Crippen molar-refractivity contribution in [1.29, 1.82) is 5.26 Å². The highest BCUT2D eigenvalue weighted by molar-refractivity contribution is 7.14. The van der Waals surface area contributed by atoms with E-state index in [0.717, 1.165) is 0 Å². The second-order valence-electron chi connectivity index (χ2n) is 3.70. The number of nitrogens with zero attached hydrogens (tertiary/aromatic N) is 4. The van der Waals surface area contributed by atoms with Crippen molar-refractivity contribution in [2.75, 3.05) is 5.32 Å². The van der Waals surface area contributed by atoms with E-state index in [1.165, 1.54) is 15.9 Å². The maximum atomic E-state index is 12.0. The second kappa shape index (κ2) is 4.51. The summed E-state index contributed by atoms with van der Waals surface area (Å²) in [6.07, 6.45) is 1.55. The van der Waals surface area contributed by atoms with Crippen LogP contribution in [0.25, 0.3) is 4.96 Å². The first-order valence-electron chi connectivity index (χ1n) is 5.37. The van der Waals surface area contributed by atoms with Crippen LogP contribution in [0.15, 0.2) is 36.0 Å². The Bertz CT molecular complexity index is 769. The van der Waals surface area contributed by atoms with Crippen LogP contribution in [-0.4, -0.2) is 20.5 Å². The lowest BCUT2D eigenvalue weighted by molar-refractivity contribution is 0.102. The summed E-state index contributed by atoms with van der Waals surface area (Å²) in [5.41, 5.74) is 2.80. The van der Waals surface area contributed by atoms with Crippen LogP contribution in [-0.2, 0) is 0 Å². The number of para-hydroxylation sites is 1. The van der Waals surface area contributed by atoms with Crippen LogP contribution in [0.2, 0.25) is 0 Å². The van der Waals surface area contributed by atoms with Gasteiger partial charge in [0.05, 0.1) is 17.4 Å². The number of carbonyl (C=O) groups excluding carboxylic acids is 1. The number of imidazole rings is 1. The molecule has 0 spiro atoms. The molecule has 0 radical (unpaired) electrons. The molecule has 3 aromatic rings. The SMILES string of the molecule is N#Cc1ccccc1NC(=O)c1cn2ncsc2n1. The molecule has 6 nitrogen and oxygen atoms in total. The molecule has 0 unspecified atom stereocenters. The molecule has 1 amide bonds. The van der Waals surface area contributed by atoms with Gasteiger partial charge in [0.2, 0.25) is 4.96 Å². The van der Waals surface area contributed by atoms with Gasteiger partial charge in [-0.2, -0.15) is 10.4 Å². The first kappa shape index (κ1) is 11.4. The second-order valence-corrected chi connectivity index (χ2v) is 4.52. The summed E-state index contributed by atoms with van der Waals surface area (Å²) in [5.74, 6) is -0.361. The smallest absolute Gasteiger partial charge is 0.276 e. The van der Waals surface area contributed by atoms with Gasteiger partial charge >= 0.3 is 0 Å². The van der Waals surface area contributed by atoms with E-state index in [-0.39, 0.29) is 11.6 Å². The molecule has 0 bridgehead atoms. The molecule has 19 heavy (non-hydrogen) atoms. The minimum atomic E-state index is -0.361. The lowest BCUT2D eigenvalue weighted by atomic mass is 10.2. The van der Waals surface area contributed by atoms with Crippen molar-refractivity contribution < 1.29 is 4.79 Å². The van der Waals surface area contributed by atoms with E-state index in [9.17, 15) is 4.79 Å². The van der Waals surface area contributed by atoms with Crippen LogP contribution in [0.3, 0.4) is 0 Å². The van der Waals surface area contributed by atoms with E-state index in [1.54, 1.807) is 36.0 Å². The predicted octanol–water partition coefficient (Wildman–Crippen LogP) is 1.91. The monoisotopic (exact) mass is 269 g/mol. The Hall–Kier alpha value is -2.72. The molecule has 92 valence electrons. The van der Waals surface area contributed by atoms with Crippen LogP contribution >= 0.6 is 11.3 Å². The van der Waals surface area contributed by atoms with Gasteiger partial charge in [-0.15, -0.1) is 0 Å². The third-order valence-corrected chi connectivity index (χ3v) is 3.20. The number of anilines is 1. The highest BCUT2D eigenvalue weighted by Gasteiger charge is 2.13. The van der Waals surface area contributed by atoms with Crippen LogP contribution in [0.1, 0.15) is 16.1 Å². The molecule has 7 heteroatoms. The molecule has 0 aliphatic carbocycles. The molecule has 2 aromatic heterocycles. The molecule has 2 heterocycles. The van der Waals surface area contributed by atoms with Crippen molar-refractivity contribution in [3.05, 3.63) is 47.2 Å². The zero-order valence-corrected chi connectivity index (χ0v) is 10.4. The molecule has 0 atom stereocenters. The highest BCUT2D eigenvalue weighted by Crippen LogP contribution is 2.15. The van der Waals surface area contributed by atoms with Gasteiger partial charge in [0, 0.05) is 0 Å². The number of benzene rings is 1. The number of fused-ring (bicyclic) bond motifs is 1. The molecule has 0 saturated heterocycles. The topological polar surface area (TPSA) is 83.1 Å². The van der Waals surface area contributed by atoms with Crippen molar-refractivity contribution in [3.63, 3.8) is 0 Å². The molecular weight excluding hydrogens is 262 g/mol. The minimum absolute atomic E-state index is 0.270. The third-order valence-electron chi connectivity index (χ3n) is 2.51. The normalized spacial score (nSPS) is 10.3. The maximum absolute atomic E-state index is 12.0. The summed E-state index contributed by atoms with van der Waals surface area (Å²) in [7, 11) is 0.